The lowest BCUT2D eigenvalue weighted by atomic mass is 9.90. The van der Waals surface area contributed by atoms with Gasteiger partial charge in [-0.3, -0.25) is 9.59 Å². The molecule has 20 heavy (non-hydrogen) atoms. The molecule has 0 bridgehead atoms. The fourth-order valence-electron chi connectivity index (χ4n) is 1.90. The van der Waals surface area contributed by atoms with Gasteiger partial charge in [-0.25, -0.2) is 0 Å². The summed E-state index contributed by atoms with van der Waals surface area (Å²) >= 11 is 2.19. The topological polar surface area (TPSA) is 50.6 Å². The Morgan fingerprint density at radius 2 is 1.95 bits per heavy atom. The van der Waals surface area contributed by atoms with Crippen molar-refractivity contribution in [1.29, 1.82) is 0 Å². The summed E-state index contributed by atoms with van der Waals surface area (Å²) in [6, 6.07) is 5.50. The van der Waals surface area contributed by atoms with Gasteiger partial charge >= 0.3 is 0 Å². The summed E-state index contributed by atoms with van der Waals surface area (Å²) in [6.07, 6.45) is 1.79. The highest BCUT2D eigenvalue weighted by Gasteiger charge is 2.24. The number of ketones is 1. The van der Waals surface area contributed by atoms with E-state index in [9.17, 15) is 9.59 Å². The molecule has 4 nitrogen and oxygen atoms in total. The third-order valence-electron chi connectivity index (χ3n) is 2.64. The quantitative estimate of drug-likeness (QED) is 0.563. The lowest BCUT2D eigenvalue weighted by Gasteiger charge is -2.19. The Hall–Kier alpha value is -0.950. The molecule has 0 aromatic heterocycles. The van der Waals surface area contributed by atoms with Crippen LogP contribution in [0, 0.1) is 0 Å². The summed E-state index contributed by atoms with van der Waals surface area (Å²) in [5.41, 5.74) is 2.62. The van der Waals surface area contributed by atoms with Crippen molar-refractivity contribution >= 4 is 40.0 Å². The first-order valence-electron chi connectivity index (χ1n) is 6.66. The number of aryl methyl sites for hydroxylation is 1. The number of alkyl halides is 1. The van der Waals surface area contributed by atoms with Crippen molar-refractivity contribution in [2.45, 2.75) is 23.7 Å². The minimum Gasteiger partial charge on any atom is -0.342 e. The van der Waals surface area contributed by atoms with Crippen LogP contribution in [-0.2, 0) is 11.2 Å². The van der Waals surface area contributed by atoms with Gasteiger partial charge in [0, 0.05) is 18.2 Å². The molecule has 1 aromatic rings. The molecule has 110 valence electrons. The molecule has 0 fully saturated rings. The van der Waals surface area contributed by atoms with Crippen LogP contribution in [-0.4, -0.2) is 36.8 Å². The molecule has 0 aliphatic heterocycles. The second-order valence-electron chi connectivity index (χ2n) is 5.42. The van der Waals surface area contributed by atoms with Gasteiger partial charge < -0.3 is 10.2 Å². The van der Waals surface area contributed by atoms with E-state index in [2.05, 4.69) is 49.1 Å². The normalized spacial score (nSPS) is 17.1. The number of rotatable bonds is 1. The second-order valence-corrected chi connectivity index (χ2v) is 6.93. The zero-order chi connectivity index (χ0) is 15.3. The van der Waals surface area contributed by atoms with E-state index in [0.717, 1.165) is 29.7 Å². The molecule has 1 atom stereocenters. The van der Waals surface area contributed by atoms with Crippen molar-refractivity contribution in [1.82, 2.24) is 0 Å². The Kier molecular flexibility index (Phi) is 6.61. The summed E-state index contributed by atoms with van der Waals surface area (Å²) in [5.74, 6) is 0.116. The van der Waals surface area contributed by atoms with Gasteiger partial charge in [0.05, 0.1) is 25.1 Å². The summed E-state index contributed by atoms with van der Waals surface area (Å²) in [4.78, 5) is 24.2. The van der Waals surface area contributed by atoms with Crippen molar-refractivity contribution in [2.75, 3.05) is 26.5 Å². The van der Waals surface area contributed by atoms with Gasteiger partial charge in [0.2, 0.25) is 5.91 Å². The Labute approximate surface area is 134 Å². The van der Waals surface area contributed by atoms with Crippen LogP contribution < -0.4 is 10.2 Å². The second kappa shape index (κ2) is 7.73. The highest BCUT2D eigenvalue weighted by Crippen LogP contribution is 2.28. The highest BCUT2D eigenvalue weighted by atomic mass is 127. The van der Waals surface area contributed by atoms with E-state index in [1.54, 1.807) is 6.07 Å². The van der Waals surface area contributed by atoms with Gasteiger partial charge in [-0.15, -0.1) is 0 Å². The van der Waals surface area contributed by atoms with E-state index >= 15 is 0 Å². The molecule has 0 spiro atoms. The third kappa shape index (κ3) is 5.20. The van der Waals surface area contributed by atoms with E-state index in [4.69, 9.17) is 0 Å². The number of carbonyl (C=O) groups excluding carboxylic acids is 2. The van der Waals surface area contributed by atoms with Crippen molar-refractivity contribution in [2.24, 2.45) is 0 Å². The van der Waals surface area contributed by atoms with E-state index in [-0.39, 0.29) is 15.6 Å². The molecule has 1 unspecified atom stereocenters. The van der Waals surface area contributed by atoms with Crippen LogP contribution in [0.3, 0.4) is 0 Å². The molecule has 2 N–H and O–H groups in total. The zero-order valence-electron chi connectivity index (χ0n) is 12.4. The van der Waals surface area contributed by atoms with Crippen molar-refractivity contribution < 1.29 is 14.5 Å². The number of hydrogen-bond acceptors (Lipinski definition) is 2. The minimum atomic E-state index is -0.0890. The Bertz CT molecular complexity index is 498. The molecule has 0 saturated heterocycles. The van der Waals surface area contributed by atoms with Crippen LogP contribution in [0.15, 0.2) is 18.2 Å². The van der Waals surface area contributed by atoms with Crippen LogP contribution in [0.25, 0.3) is 0 Å². The Morgan fingerprint density at radius 3 is 2.50 bits per heavy atom. The van der Waals surface area contributed by atoms with Crippen LogP contribution in [0.4, 0.5) is 5.69 Å². The van der Waals surface area contributed by atoms with Crippen molar-refractivity contribution in [3.63, 3.8) is 0 Å². The van der Waals surface area contributed by atoms with Crippen LogP contribution in [0.5, 0.6) is 0 Å². The number of halogens is 1. The van der Waals surface area contributed by atoms with Gasteiger partial charge in [-0.2, -0.15) is 0 Å². The molecule has 0 heterocycles. The first kappa shape index (κ1) is 17.1. The van der Waals surface area contributed by atoms with Gasteiger partial charge in [-0.05, 0) is 36.6 Å². The molecule has 1 aliphatic carbocycles. The minimum absolute atomic E-state index is 0.0890. The first-order chi connectivity index (χ1) is 9.31. The number of nitrogens with one attached hydrogen (secondary N) is 2. The maximum absolute atomic E-state index is 11.9. The average Bonchev–Trinajstić information content (AvgIpc) is 2.32. The maximum Gasteiger partial charge on any atom is 0.221 e. The number of anilines is 1. The predicted molar refractivity (Wildman–Crippen MR) is 89.9 cm³/mol. The molecule has 1 amide bonds. The van der Waals surface area contributed by atoms with Crippen LogP contribution in [0.1, 0.15) is 29.3 Å². The lowest BCUT2D eigenvalue weighted by molar-refractivity contribution is -0.836. The van der Waals surface area contributed by atoms with Crippen LogP contribution >= 0.6 is 22.6 Å². The van der Waals surface area contributed by atoms with Crippen molar-refractivity contribution in [3.05, 3.63) is 29.3 Å². The molecule has 0 saturated carbocycles. The van der Waals surface area contributed by atoms with Crippen LogP contribution in [0.2, 0.25) is 0 Å². The van der Waals surface area contributed by atoms with E-state index < -0.39 is 0 Å². The molecular weight excluding hydrogens is 367 g/mol. The first-order valence-corrected chi connectivity index (χ1v) is 7.91. The predicted octanol–water partition coefficient (Wildman–Crippen LogP) is 1.34. The summed E-state index contributed by atoms with van der Waals surface area (Å²) in [6.45, 7) is 1.48. The van der Waals surface area contributed by atoms with E-state index in [0.29, 0.717) is 0 Å². The standard InChI is InChI=1S/C12H12INO2.C3H9N/c1-7(15)14-9-3-4-10-8(6-9)2-5-11(13)12(10)16;1-4(2)3/h3-4,6,11H,2,5H2,1H3,(H,14,15);1-3H3/p+1. The zero-order valence-corrected chi connectivity index (χ0v) is 14.6. The molecular formula is C15H22IN2O2+. The third-order valence-corrected chi connectivity index (χ3v) is 3.83. The number of carbonyl (C=O) groups is 2. The summed E-state index contributed by atoms with van der Waals surface area (Å²) in [7, 11) is 6.25. The number of quaternary nitrogens is 1. The Morgan fingerprint density at radius 1 is 1.35 bits per heavy atom. The van der Waals surface area contributed by atoms with E-state index in [1.807, 2.05) is 12.1 Å². The Balaban J connectivity index is 0.000000444. The molecule has 5 heteroatoms. The van der Waals surface area contributed by atoms with Gasteiger partial charge in [-0.1, -0.05) is 22.6 Å². The monoisotopic (exact) mass is 389 g/mol. The number of hydrogen-bond donors (Lipinski definition) is 2. The average molecular weight is 389 g/mol. The largest absolute Gasteiger partial charge is 0.342 e. The van der Waals surface area contributed by atoms with E-state index in [1.165, 1.54) is 11.8 Å². The number of benzene rings is 1. The highest BCUT2D eigenvalue weighted by molar-refractivity contribution is 14.1. The van der Waals surface area contributed by atoms with Gasteiger partial charge in [0.1, 0.15) is 0 Å². The smallest absolute Gasteiger partial charge is 0.221 e. The number of amides is 1. The van der Waals surface area contributed by atoms with Gasteiger partial charge in [0.15, 0.2) is 5.78 Å². The summed E-state index contributed by atoms with van der Waals surface area (Å²) < 4.78 is 0.0942. The fraction of sp³-hybridized carbons (Fsp3) is 0.467. The summed E-state index contributed by atoms with van der Waals surface area (Å²) in [5, 5.41) is 2.73. The lowest BCUT2D eigenvalue weighted by Crippen LogP contribution is -3.02. The van der Waals surface area contributed by atoms with Gasteiger partial charge in [0.25, 0.3) is 0 Å². The molecule has 2 rings (SSSR count). The maximum atomic E-state index is 11.9. The fourth-order valence-corrected chi connectivity index (χ4v) is 2.55. The SMILES string of the molecule is CC(=O)Nc1ccc2c(c1)CCC(I)C2=O.C[NH+](C)C. The molecule has 1 aromatic carbocycles. The van der Waals surface area contributed by atoms with Crippen molar-refractivity contribution in [3.8, 4) is 0 Å². The number of Topliss-reactive ketones (excluding diaryl/α,β-unsaturated/α-hetero) is 1. The molecule has 0 radical (unpaired) electrons. The molecule has 1 aliphatic rings. The number of fused-ring (bicyclic) bond motifs is 1.